The Kier molecular flexibility index (Phi) is 3.38. The Labute approximate surface area is 124 Å². The summed E-state index contributed by atoms with van der Waals surface area (Å²) in [5.41, 5.74) is 0.933. The molecule has 2 heterocycles. The molecule has 0 saturated carbocycles. The Morgan fingerprint density at radius 2 is 1.77 bits per heavy atom. The largest absolute Gasteiger partial charge is 0.452 e. The second-order valence-electron chi connectivity index (χ2n) is 4.78. The Morgan fingerprint density at radius 3 is 2.41 bits per heavy atom. The maximum atomic E-state index is 13.2. The van der Waals surface area contributed by atoms with E-state index in [-0.39, 0.29) is 5.65 Å². The lowest BCUT2D eigenvalue weighted by Crippen LogP contribution is -2.24. The van der Waals surface area contributed by atoms with Crippen molar-refractivity contribution >= 4 is 22.5 Å². The zero-order valence-corrected chi connectivity index (χ0v) is 12.1. The van der Waals surface area contributed by atoms with Crippen LogP contribution >= 0.6 is 0 Å². The van der Waals surface area contributed by atoms with E-state index in [0.29, 0.717) is 29.9 Å². The Hall–Kier alpha value is -2.38. The fraction of sp³-hybridized carbons (Fsp3) is 0.357. The molecule has 22 heavy (non-hydrogen) atoms. The molecule has 0 spiro atoms. The summed E-state index contributed by atoms with van der Waals surface area (Å²) >= 11 is 0. The molecule has 1 aromatic carbocycles. The van der Waals surface area contributed by atoms with Crippen LogP contribution in [-0.4, -0.2) is 32.7 Å². The second kappa shape index (κ2) is 5.11. The highest BCUT2D eigenvalue weighted by Crippen LogP contribution is 2.32. The minimum Gasteiger partial charge on any atom is -0.354 e. The SMILES string of the molecule is CCN(CC)c1nc2ccccc2n2c(C(F)(F)F)nnc12. The predicted octanol–water partition coefficient (Wildman–Crippen LogP) is 3.14. The lowest BCUT2D eigenvalue weighted by atomic mass is 10.3. The number of hydrogen-bond donors (Lipinski definition) is 0. The van der Waals surface area contributed by atoms with Gasteiger partial charge in [0.2, 0.25) is 11.5 Å². The smallest absolute Gasteiger partial charge is 0.354 e. The van der Waals surface area contributed by atoms with Gasteiger partial charge in [0.25, 0.3) is 0 Å². The van der Waals surface area contributed by atoms with E-state index in [2.05, 4.69) is 15.2 Å². The molecular weight excluding hydrogens is 295 g/mol. The van der Waals surface area contributed by atoms with Crippen LogP contribution in [0.15, 0.2) is 24.3 Å². The number of fused-ring (bicyclic) bond motifs is 3. The molecule has 5 nitrogen and oxygen atoms in total. The van der Waals surface area contributed by atoms with Crippen molar-refractivity contribution in [2.75, 3.05) is 18.0 Å². The molecule has 0 fully saturated rings. The number of halogens is 3. The normalized spacial score (nSPS) is 12.2. The number of hydrogen-bond acceptors (Lipinski definition) is 4. The van der Waals surface area contributed by atoms with Crippen LogP contribution in [0.25, 0.3) is 16.7 Å². The summed E-state index contributed by atoms with van der Waals surface area (Å²) in [6.07, 6.45) is -4.58. The van der Waals surface area contributed by atoms with Crippen molar-refractivity contribution < 1.29 is 13.2 Å². The summed E-state index contributed by atoms with van der Waals surface area (Å²) in [4.78, 5) is 6.33. The van der Waals surface area contributed by atoms with E-state index in [1.807, 2.05) is 18.7 Å². The average molecular weight is 309 g/mol. The quantitative estimate of drug-likeness (QED) is 0.745. The van der Waals surface area contributed by atoms with Crippen LogP contribution in [-0.2, 0) is 6.18 Å². The van der Waals surface area contributed by atoms with Gasteiger partial charge in [0.15, 0.2) is 5.82 Å². The van der Waals surface area contributed by atoms with Gasteiger partial charge in [0, 0.05) is 13.1 Å². The zero-order chi connectivity index (χ0) is 15.9. The molecule has 0 aliphatic heterocycles. The number of rotatable bonds is 3. The zero-order valence-electron chi connectivity index (χ0n) is 12.1. The van der Waals surface area contributed by atoms with Gasteiger partial charge in [-0.2, -0.15) is 13.2 Å². The summed E-state index contributed by atoms with van der Waals surface area (Å²) < 4.78 is 40.7. The maximum Gasteiger partial charge on any atom is 0.452 e. The van der Waals surface area contributed by atoms with Gasteiger partial charge in [-0.25, -0.2) is 4.98 Å². The Morgan fingerprint density at radius 1 is 1.09 bits per heavy atom. The number of para-hydroxylation sites is 2. The molecule has 3 aromatic rings. The lowest BCUT2D eigenvalue weighted by molar-refractivity contribution is -0.145. The van der Waals surface area contributed by atoms with Crippen molar-refractivity contribution in [3.8, 4) is 0 Å². The second-order valence-corrected chi connectivity index (χ2v) is 4.78. The van der Waals surface area contributed by atoms with Gasteiger partial charge < -0.3 is 4.90 Å². The van der Waals surface area contributed by atoms with E-state index in [4.69, 9.17) is 0 Å². The van der Waals surface area contributed by atoms with Gasteiger partial charge in [-0.3, -0.25) is 4.40 Å². The van der Waals surface area contributed by atoms with Crippen LogP contribution in [0.3, 0.4) is 0 Å². The van der Waals surface area contributed by atoms with Crippen molar-refractivity contribution in [1.29, 1.82) is 0 Å². The summed E-state index contributed by atoms with van der Waals surface area (Å²) in [6, 6.07) is 6.67. The van der Waals surface area contributed by atoms with Crippen molar-refractivity contribution in [2.45, 2.75) is 20.0 Å². The first kappa shape index (κ1) is 14.6. The monoisotopic (exact) mass is 309 g/mol. The van der Waals surface area contributed by atoms with Crippen molar-refractivity contribution in [1.82, 2.24) is 19.6 Å². The fourth-order valence-corrected chi connectivity index (χ4v) is 2.49. The van der Waals surface area contributed by atoms with Gasteiger partial charge >= 0.3 is 6.18 Å². The van der Waals surface area contributed by atoms with Gasteiger partial charge in [0.05, 0.1) is 11.0 Å². The Balaban J connectivity index is 2.45. The van der Waals surface area contributed by atoms with Crippen LogP contribution < -0.4 is 4.90 Å². The third kappa shape index (κ3) is 2.15. The molecule has 0 atom stereocenters. The molecule has 2 aromatic heterocycles. The predicted molar refractivity (Wildman–Crippen MR) is 76.9 cm³/mol. The van der Waals surface area contributed by atoms with Crippen LogP contribution in [0.4, 0.5) is 19.0 Å². The molecule has 8 heteroatoms. The lowest BCUT2D eigenvalue weighted by Gasteiger charge is -2.21. The average Bonchev–Trinajstić information content (AvgIpc) is 2.94. The molecular formula is C14H14F3N5. The van der Waals surface area contributed by atoms with Crippen LogP contribution in [0.2, 0.25) is 0 Å². The van der Waals surface area contributed by atoms with Crippen molar-refractivity contribution in [3.05, 3.63) is 30.1 Å². The fourth-order valence-electron chi connectivity index (χ4n) is 2.49. The third-order valence-corrected chi connectivity index (χ3v) is 3.53. The van der Waals surface area contributed by atoms with E-state index in [1.165, 1.54) is 0 Å². The molecule has 0 unspecified atom stereocenters. The third-order valence-electron chi connectivity index (χ3n) is 3.53. The summed E-state index contributed by atoms with van der Waals surface area (Å²) in [5, 5.41) is 7.09. The van der Waals surface area contributed by atoms with E-state index < -0.39 is 12.0 Å². The molecule has 0 bridgehead atoms. The molecule has 0 radical (unpaired) electrons. The molecule has 0 amide bonds. The van der Waals surface area contributed by atoms with Crippen LogP contribution in [0.1, 0.15) is 19.7 Å². The number of nitrogens with zero attached hydrogens (tertiary/aromatic N) is 5. The maximum absolute atomic E-state index is 13.2. The van der Waals surface area contributed by atoms with Gasteiger partial charge in [0.1, 0.15) is 0 Å². The highest BCUT2D eigenvalue weighted by molar-refractivity contribution is 5.83. The van der Waals surface area contributed by atoms with Gasteiger partial charge in [-0.05, 0) is 26.0 Å². The number of alkyl halides is 3. The first-order valence-electron chi connectivity index (χ1n) is 6.93. The van der Waals surface area contributed by atoms with E-state index in [9.17, 15) is 13.2 Å². The summed E-state index contributed by atoms with van der Waals surface area (Å²) in [7, 11) is 0. The summed E-state index contributed by atoms with van der Waals surface area (Å²) in [5.74, 6) is -0.624. The minimum absolute atomic E-state index is 0.120. The first-order valence-corrected chi connectivity index (χ1v) is 6.93. The highest BCUT2D eigenvalue weighted by atomic mass is 19.4. The minimum atomic E-state index is -4.58. The molecule has 0 saturated heterocycles. The standard InChI is InChI=1S/C14H14F3N5/c1-3-21(4-2)11-12-19-20-13(14(15,16)17)22(12)10-8-6-5-7-9(10)18-11/h5-8H,3-4H2,1-2H3. The van der Waals surface area contributed by atoms with Crippen molar-refractivity contribution in [2.24, 2.45) is 0 Å². The first-order chi connectivity index (χ1) is 10.5. The molecule has 0 aliphatic carbocycles. The van der Waals surface area contributed by atoms with E-state index in [0.717, 1.165) is 4.40 Å². The van der Waals surface area contributed by atoms with Crippen LogP contribution in [0, 0.1) is 0 Å². The van der Waals surface area contributed by atoms with Crippen molar-refractivity contribution in [3.63, 3.8) is 0 Å². The Bertz CT molecular complexity index is 820. The van der Waals surface area contributed by atoms with Gasteiger partial charge in [-0.1, -0.05) is 12.1 Å². The van der Waals surface area contributed by atoms with E-state index >= 15 is 0 Å². The number of aromatic nitrogens is 4. The van der Waals surface area contributed by atoms with E-state index in [1.54, 1.807) is 24.3 Å². The number of benzene rings is 1. The van der Waals surface area contributed by atoms with Crippen LogP contribution in [0.5, 0.6) is 0 Å². The molecule has 0 aliphatic rings. The highest BCUT2D eigenvalue weighted by Gasteiger charge is 2.38. The molecule has 116 valence electrons. The number of anilines is 1. The molecule has 3 rings (SSSR count). The summed E-state index contributed by atoms with van der Waals surface area (Å²) in [6.45, 7) is 5.06. The topological polar surface area (TPSA) is 46.3 Å². The molecule has 0 N–H and O–H groups in total. The van der Waals surface area contributed by atoms with Gasteiger partial charge in [-0.15, -0.1) is 10.2 Å².